The summed E-state index contributed by atoms with van der Waals surface area (Å²) in [5, 5.41) is 5.44. The van der Waals surface area contributed by atoms with Crippen molar-refractivity contribution in [3.63, 3.8) is 0 Å². The van der Waals surface area contributed by atoms with Gasteiger partial charge in [0.15, 0.2) is 17.4 Å². The Kier molecular flexibility index (Phi) is 6.16. The van der Waals surface area contributed by atoms with Crippen LogP contribution < -0.4 is 15.4 Å². The minimum Gasteiger partial charge on any atom is -0.494 e. The molecule has 1 fully saturated rings. The van der Waals surface area contributed by atoms with Crippen LogP contribution in [0.2, 0.25) is 0 Å². The van der Waals surface area contributed by atoms with Crippen molar-refractivity contribution in [1.82, 2.24) is 5.32 Å². The van der Waals surface area contributed by atoms with Crippen LogP contribution in [0.25, 0.3) is 0 Å². The highest BCUT2D eigenvalue weighted by Gasteiger charge is 2.22. The monoisotopic (exact) mass is 306 g/mol. The third-order valence-electron chi connectivity index (χ3n) is 3.13. The van der Waals surface area contributed by atoms with Gasteiger partial charge in [0.1, 0.15) is 0 Å². The zero-order valence-corrected chi connectivity index (χ0v) is 11.9. The topological polar surface area (TPSA) is 50.4 Å². The summed E-state index contributed by atoms with van der Waals surface area (Å²) in [5.74, 6) is -1.97. The fourth-order valence-electron chi connectivity index (χ4n) is 2.08. The Balaban J connectivity index is 0.00000200. The first kappa shape index (κ1) is 16.7. The van der Waals surface area contributed by atoms with Gasteiger partial charge in [0.2, 0.25) is 5.91 Å². The highest BCUT2D eigenvalue weighted by atomic mass is 35.5. The number of benzene rings is 1. The molecule has 1 aromatic rings. The average molecular weight is 307 g/mol. The van der Waals surface area contributed by atoms with Crippen LogP contribution in [0.1, 0.15) is 19.3 Å². The first-order valence-electron chi connectivity index (χ1n) is 6.19. The molecule has 7 heteroatoms. The number of anilines is 1. The van der Waals surface area contributed by atoms with Gasteiger partial charge in [-0.15, -0.1) is 12.4 Å². The summed E-state index contributed by atoms with van der Waals surface area (Å²) >= 11 is 0. The van der Waals surface area contributed by atoms with Gasteiger partial charge in [-0.2, -0.15) is 0 Å². The molecule has 1 unspecified atom stereocenters. The van der Waals surface area contributed by atoms with Gasteiger partial charge in [0.05, 0.1) is 18.8 Å². The lowest BCUT2D eigenvalue weighted by molar-refractivity contribution is -0.118. The van der Waals surface area contributed by atoms with Gasteiger partial charge >= 0.3 is 0 Å². The van der Waals surface area contributed by atoms with Gasteiger partial charge in [0.25, 0.3) is 0 Å². The average Bonchev–Trinajstić information content (AvgIpc) is 2.43. The van der Waals surface area contributed by atoms with Gasteiger partial charge in [-0.25, -0.2) is 8.78 Å². The van der Waals surface area contributed by atoms with Gasteiger partial charge in [0, 0.05) is 12.1 Å². The lowest BCUT2D eigenvalue weighted by Gasteiger charge is -2.22. The minimum atomic E-state index is -0.720. The molecule has 0 aliphatic carbocycles. The lowest BCUT2D eigenvalue weighted by atomic mass is 10.0. The first-order chi connectivity index (χ1) is 9.11. The molecule has 0 aromatic heterocycles. The van der Waals surface area contributed by atoms with Crippen molar-refractivity contribution in [2.45, 2.75) is 25.3 Å². The first-order valence-corrected chi connectivity index (χ1v) is 6.19. The van der Waals surface area contributed by atoms with Crippen LogP contribution >= 0.6 is 12.4 Å². The number of amides is 1. The Morgan fingerprint density at radius 1 is 1.35 bits per heavy atom. The van der Waals surface area contributed by atoms with Crippen LogP contribution in [0.15, 0.2) is 12.1 Å². The Morgan fingerprint density at radius 2 is 2.10 bits per heavy atom. The number of piperidine rings is 1. The number of nitrogens with one attached hydrogen (secondary N) is 2. The summed E-state index contributed by atoms with van der Waals surface area (Å²) < 4.78 is 31.8. The van der Waals surface area contributed by atoms with Gasteiger partial charge in [-0.3, -0.25) is 4.79 Å². The van der Waals surface area contributed by atoms with E-state index < -0.39 is 11.6 Å². The van der Waals surface area contributed by atoms with Crippen molar-refractivity contribution in [2.75, 3.05) is 19.0 Å². The second-order valence-corrected chi connectivity index (χ2v) is 4.46. The van der Waals surface area contributed by atoms with E-state index in [-0.39, 0.29) is 35.8 Å². The van der Waals surface area contributed by atoms with E-state index >= 15 is 0 Å². The lowest BCUT2D eigenvalue weighted by Crippen LogP contribution is -2.43. The predicted octanol–water partition coefficient (Wildman–Crippen LogP) is 2.48. The standard InChI is InChI=1S/C13H16F2N2O2.ClH/c1-19-12-7-8(14)11(6-9(12)15)17-13(18)10-4-2-3-5-16-10;/h6-7,10,16H,2-5H2,1H3,(H,17,18);1H. The Hall–Kier alpha value is -1.40. The summed E-state index contributed by atoms with van der Waals surface area (Å²) in [6, 6.07) is 1.49. The molecule has 2 rings (SSSR count). The highest BCUT2D eigenvalue weighted by molar-refractivity contribution is 5.95. The van der Waals surface area contributed by atoms with Crippen molar-refractivity contribution in [2.24, 2.45) is 0 Å². The molecule has 1 atom stereocenters. The Morgan fingerprint density at radius 3 is 2.70 bits per heavy atom. The van der Waals surface area contributed by atoms with Crippen LogP contribution in [0.5, 0.6) is 5.75 Å². The molecule has 0 radical (unpaired) electrons. The molecule has 1 heterocycles. The van der Waals surface area contributed by atoms with Gasteiger partial charge in [-0.1, -0.05) is 6.42 Å². The molecule has 4 nitrogen and oxygen atoms in total. The molecule has 0 saturated carbocycles. The van der Waals surface area contributed by atoms with E-state index in [9.17, 15) is 13.6 Å². The molecular formula is C13H17ClF2N2O2. The van der Waals surface area contributed by atoms with E-state index in [1.54, 1.807) is 0 Å². The zero-order chi connectivity index (χ0) is 13.8. The molecule has 1 aliphatic rings. The summed E-state index contributed by atoms with van der Waals surface area (Å²) in [5.41, 5.74) is -0.171. The van der Waals surface area contributed by atoms with Crippen LogP contribution in [-0.2, 0) is 4.79 Å². The van der Waals surface area contributed by atoms with E-state index in [4.69, 9.17) is 0 Å². The molecular weight excluding hydrogens is 290 g/mol. The number of ether oxygens (including phenoxy) is 1. The number of rotatable bonds is 3. The van der Waals surface area contributed by atoms with Crippen LogP contribution in [0.3, 0.4) is 0 Å². The third-order valence-corrected chi connectivity index (χ3v) is 3.13. The second-order valence-electron chi connectivity index (χ2n) is 4.46. The van der Waals surface area contributed by atoms with E-state index in [0.717, 1.165) is 31.5 Å². The number of hydrogen-bond donors (Lipinski definition) is 2. The van der Waals surface area contributed by atoms with Gasteiger partial charge in [-0.05, 0) is 19.4 Å². The molecule has 20 heavy (non-hydrogen) atoms. The molecule has 1 aromatic carbocycles. The van der Waals surface area contributed by atoms with Gasteiger partial charge < -0.3 is 15.4 Å². The zero-order valence-electron chi connectivity index (χ0n) is 11.0. The maximum absolute atomic E-state index is 13.7. The number of hydrogen-bond acceptors (Lipinski definition) is 3. The fourth-order valence-corrected chi connectivity index (χ4v) is 2.08. The van der Waals surface area contributed by atoms with Crippen molar-refractivity contribution < 1.29 is 18.3 Å². The van der Waals surface area contributed by atoms with Crippen molar-refractivity contribution in [1.29, 1.82) is 0 Å². The quantitative estimate of drug-likeness (QED) is 0.902. The van der Waals surface area contributed by atoms with E-state index in [0.29, 0.717) is 6.42 Å². The van der Waals surface area contributed by atoms with E-state index in [1.165, 1.54) is 7.11 Å². The summed E-state index contributed by atoms with van der Waals surface area (Å²) in [4.78, 5) is 11.9. The van der Waals surface area contributed by atoms with Crippen molar-refractivity contribution >= 4 is 24.0 Å². The number of halogens is 3. The molecule has 112 valence electrons. The number of methoxy groups -OCH3 is 1. The predicted molar refractivity (Wildman–Crippen MR) is 74.4 cm³/mol. The Labute approximate surface area is 122 Å². The summed E-state index contributed by atoms with van der Waals surface area (Å²) in [7, 11) is 1.25. The van der Waals surface area contributed by atoms with E-state index in [2.05, 4.69) is 15.4 Å². The van der Waals surface area contributed by atoms with Crippen LogP contribution in [0, 0.1) is 11.6 Å². The minimum absolute atomic E-state index is 0. The molecule has 0 bridgehead atoms. The maximum atomic E-state index is 13.7. The SMILES string of the molecule is COc1cc(F)c(NC(=O)C2CCCCN2)cc1F.Cl. The highest BCUT2D eigenvalue weighted by Crippen LogP contribution is 2.25. The normalized spacial score (nSPS) is 18.1. The third kappa shape index (κ3) is 3.80. The van der Waals surface area contributed by atoms with Crippen LogP contribution in [0.4, 0.5) is 14.5 Å². The van der Waals surface area contributed by atoms with Crippen molar-refractivity contribution in [3.8, 4) is 5.75 Å². The molecule has 0 spiro atoms. The smallest absolute Gasteiger partial charge is 0.241 e. The van der Waals surface area contributed by atoms with Crippen molar-refractivity contribution in [3.05, 3.63) is 23.8 Å². The molecule has 1 saturated heterocycles. The Bertz CT molecular complexity index is 480. The molecule has 1 aliphatic heterocycles. The number of carbonyl (C=O) groups is 1. The number of carbonyl (C=O) groups excluding carboxylic acids is 1. The molecule has 2 N–H and O–H groups in total. The summed E-state index contributed by atoms with van der Waals surface area (Å²) in [6.07, 6.45) is 2.67. The van der Waals surface area contributed by atoms with Crippen LogP contribution in [-0.4, -0.2) is 25.6 Å². The summed E-state index contributed by atoms with van der Waals surface area (Å²) in [6.45, 7) is 0.761. The second kappa shape index (κ2) is 7.40. The fraction of sp³-hybridized carbons (Fsp3) is 0.462. The van der Waals surface area contributed by atoms with E-state index in [1.807, 2.05) is 0 Å². The molecule has 1 amide bonds. The largest absolute Gasteiger partial charge is 0.494 e. The maximum Gasteiger partial charge on any atom is 0.241 e.